The van der Waals surface area contributed by atoms with Crippen LogP contribution in [0.25, 0.3) is 0 Å². The molecule has 2 aromatic carbocycles. The molecule has 0 fully saturated rings. The Bertz CT molecular complexity index is 601. The third-order valence-corrected chi connectivity index (χ3v) is 4.69. The van der Waals surface area contributed by atoms with Crippen molar-refractivity contribution >= 4 is 31.9 Å². The highest BCUT2D eigenvalue weighted by Gasteiger charge is 2.15. The molecule has 0 aromatic heterocycles. The maximum absolute atomic E-state index is 13.6. The highest BCUT2D eigenvalue weighted by molar-refractivity contribution is 9.10. The van der Waals surface area contributed by atoms with Crippen LogP contribution in [0.2, 0.25) is 0 Å². The Kier molecular flexibility index (Phi) is 4.41. The quantitative estimate of drug-likeness (QED) is 0.567. The van der Waals surface area contributed by atoms with Gasteiger partial charge in [0.25, 0.3) is 0 Å². The molecule has 0 spiro atoms. The van der Waals surface area contributed by atoms with Gasteiger partial charge in [0.2, 0.25) is 0 Å². The van der Waals surface area contributed by atoms with Crippen LogP contribution in [0, 0.1) is 25.5 Å². The summed E-state index contributed by atoms with van der Waals surface area (Å²) in [5, 5.41) is 0. The lowest BCUT2D eigenvalue weighted by Gasteiger charge is -2.14. The van der Waals surface area contributed by atoms with Gasteiger partial charge in [0.05, 0.1) is 9.30 Å². The standard InChI is InChI=1S/C15H12Br2F2/c1-8-5-11(6-9(2)15(8)19)14(17)10-3-4-12(16)13(18)7-10/h3-7,14H,1-2H3. The fourth-order valence-corrected chi connectivity index (χ4v) is 2.78. The van der Waals surface area contributed by atoms with E-state index in [1.807, 2.05) is 6.07 Å². The first kappa shape index (κ1) is 14.7. The van der Waals surface area contributed by atoms with Gasteiger partial charge >= 0.3 is 0 Å². The van der Waals surface area contributed by atoms with Crippen LogP contribution >= 0.6 is 31.9 Å². The normalized spacial score (nSPS) is 12.5. The van der Waals surface area contributed by atoms with E-state index in [-0.39, 0.29) is 16.5 Å². The number of rotatable bonds is 2. The molecule has 2 rings (SSSR count). The Morgan fingerprint density at radius 2 is 1.53 bits per heavy atom. The molecule has 0 N–H and O–H groups in total. The maximum atomic E-state index is 13.6. The smallest absolute Gasteiger partial charge is 0.137 e. The number of halogens is 4. The van der Waals surface area contributed by atoms with E-state index in [2.05, 4.69) is 31.9 Å². The van der Waals surface area contributed by atoms with E-state index in [0.717, 1.165) is 11.1 Å². The van der Waals surface area contributed by atoms with E-state index in [4.69, 9.17) is 0 Å². The topological polar surface area (TPSA) is 0 Å². The van der Waals surface area contributed by atoms with Crippen LogP contribution in [0.15, 0.2) is 34.8 Å². The predicted octanol–water partition coefficient (Wildman–Crippen LogP) is 5.83. The van der Waals surface area contributed by atoms with Crippen LogP contribution in [-0.2, 0) is 0 Å². The largest absolute Gasteiger partial charge is 0.206 e. The van der Waals surface area contributed by atoms with Gasteiger partial charge in [0, 0.05) is 0 Å². The van der Waals surface area contributed by atoms with Crippen LogP contribution in [0.1, 0.15) is 27.1 Å². The third-order valence-electron chi connectivity index (χ3n) is 2.99. The summed E-state index contributed by atoms with van der Waals surface area (Å²) in [5.41, 5.74) is 2.90. The van der Waals surface area contributed by atoms with Gasteiger partial charge in [-0.1, -0.05) is 34.1 Å². The summed E-state index contributed by atoms with van der Waals surface area (Å²) in [4.78, 5) is -0.159. The zero-order valence-corrected chi connectivity index (χ0v) is 13.6. The Morgan fingerprint density at radius 3 is 2.05 bits per heavy atom. The highest BCUT2D eigenvalue weighted by Crippen LogP contribution is 2.34. The van der Waals surface area contributed by atoms with Gasteiger partial charge in [0.15, 0.2) is 0 Å². The molecule has 0 amide bonds. The summed E-state index contributed by atoms with van der Waals surface area (Å²) in [6.07, 6.45) is 0. The zero-order valence-electron chi connectivity index (χ0n) is 10.5. The lowest BCUT2D eigenvalue weighted by Crippen LogP contribution is -1.98. The molecule has 0 saturated carbocycles. The fourth-order valence-electron chi connectivity index (χ4n) is 1.99. The van der Waals surface area contributed by atoms with Gasteiger partial charge in [-0.15, -0.1) is 0 Å². The molecule has 0 heterocycles. The Labute approximate surface area is 128 Å². The van der Waals surface area contributed by atoms with Gasteiger partial charge in [-0.2, -0.15) is 0 Å². The molecule has 1 unspecified atom stereocenters. The molecule has 100 valence electrons. The van der Waals surface area contributed by atoms with E-state index in [0.29, 0.717) is 15.6 Å². The zero-order chi connectivity index (χ0) is 14.2. The minimum absolute atomic E-state index is 0.159. The van der Waals surface area contributed by atoms with Crippen molar-refractivity contribution in [2.75, 3.05) is 0 Å². The fraction of sp³-hybridized carbons (Fsp3) is 0.200. The van der Waals surface area contributed by atoms with Crippen molar-refractivity contribution in [2.45, 2.75) is 18.7 Å². The average molecular weight is 390 g/mol. The minimum Gasteiger partial charge on any atom is -0.206 e. The van der Waals surface area contributed by atoms with Crippen LogP contribution < -0.4 is 0 Å². The molecular formula is C15H12Br2F2. The first-order chi connectivity index (χ1) is 8.90. The average Bonchev–Trinajstić information content (AvgIpc) is 2.37. The van der Waals surface area contributed by atoms with Crippen LogP contribution in [-0.4, -0.2) is 0 Å². The van der Waals surface area contributed by atoms with E-state index >= 15 is 0 Å². The Balaban J connectivity index is 2.43. The predicted molar refractivity (Wildman–Crippen MR) is 80.7 cm³/mol. The molecule has 1 atom stereocenters. The Hall–Kier alpha value is -0.740. The first-order valence-electron chi connectivity index (χ1n) is 5.76. The van der Waals surface area contributed by atoms with Gasteiger partial charge in [0.1, 0.15) is 11.6 Å². The molecule has 4 heteroatoms. The van der Waals surface area contributed by atoms with Crippen molar-refractivity contribution in [3.05, 3.63) is 68.7 Å². The summed E-state index contributed by atoms with van der Waals surface area (Å²) >= 11 is 6.67. The monoisotopic (exact) mass is 388 g/mol. The second-order valence-corrected chi connectivity index (χ2v) is 6.27. The summed E-state index contributed by atoms with van der Waals surface area (Å²) in [7, 11) is 0. The van der Waals surface area contributed by atoms with Crippen molar-refractivity contribution in [1.29, 1.82) is 0 Å². The Morgan fingerprint density at radius 1 is 0.947 bits per heavy atom. The molecule has 2 aromatic rings. The van der Waals surface area contributed by atoms with E-state index in [1.54, 1.807) is 32.0 Å². The minimum atomic E-state index is -0.308. The van der Waals surface area contributed by atoms with Crippen LogP contribution in [0.3, 0.4) is 0 Å². The van der Waals surface area contributed by atoms with E-state index < -0.39 is 0 Å². The van der Waals surface area contributed by atoms with Crippen molar-refractivity contribution < 1.29 is 8.78 Å². The lowest BCUT2D eigenvalue weighted by atomic mass is 10.00. The number of hydrogen-bond donors (Lipinski definition) is 0. The summed E-state index contributed by atoms with van der Waals surface area (Å²) in [6, 6.07) is 8.53. The summed E-state index contributed by atoms with van der Waals surface area (Å²) in [5.74, 6) is -0.497. The van der Waals surface area contributed by atoms with E-state index in [1.165, 1.54) is 6.07 Å². The molecule has 0 radical (unpaired) electrons. The molecular weight excluding hydrogens is 378 g/mol. The summed E-state index contributed by atoms with van der Waals surface area (Å²) in [6.45, 7) is 3.46. The second kappa shape index (κ2) is 5.71. The SMILES string of the molecule is Cc1cc(C(Br)c2ccc(Br)c(F)c2)cc(C)c1F. The summed E-state index contributed by atoms with van der Waals surface area (Å²) < 4.78 is 27.6. The molecule has 19 heavy (non-hydrogen) atoms. The molecule has 0 bridgehead atoms. The van der Waals surface area contributed by atoms with Crippen molar-refractivity contribution in [3.63, 3.8) is 0 Å². The lowest BCUT2D eigenvalue weighted by molar-refractivity contribution is 0.608. The molecule has 0 aliphatic carbocycles. The maximum Gasteiger partial charge on any atom is 0.137 e. The van der Waals surface area contributed by atoms with Crippen molar-refractivity contribution in [3.8, 4) is 0 Å². The van der Waals surface area contributed by atoms with Gasteiger partial charge in [-0.3, -0.25) is 0 Å². The van der Waals surface area contributed by atoms with Crippen LogP contribution in [0.4, 0.5) is 8.78 Å². The molecule has 0 aliphatic heterocycles. The first-order valence-corrected chi connectivity index (χ1v) is 7.46. The molecule has 0 aliphatic rings. The van der Waals surface area contributed by atoms with Gasteiger partial charge < -0.3 is 0 Å². The number of aryl methyl sites for hydroxylation is 2. The molecule has 0 saturated heterocycles. The highest BCUT2D eigenvalue weighted by atomic mass is 79.9. The number of hydrogen-bond acceptors (Lipinski definition) is 0. The van der Waals surface area contributed by atoms with E-state index in [9.17, 15) is 8.78 Å². The van der Waals surface area contributed by atoms with Gasteiger partial charge in [-0.05, 0) is 64.2 Å². The second-order valence-electron chi connectivity index (χ2n) is 4.50. The van der Waals surface area contributed by atoms with Crippen LogP contribution in [0.5, 0.6) is 0 Å². The molecule has 0 nitrogen and oxygen atoms in total. The van der Waals surface area contributed by atoms with Gasteiger partial charge in [-0.25, -0.2) is 8.78 Å². The third kappa shape index (κ3) is 3.06. The van der Waals surface area contributed by atoms with Crippen molar-refractivity contribution in [1.82, 2.24) is 0 Å². The van der Waals surface area contributed by atoms with Crippen molar-refractivity contribution in [2.24, 2.45) is 0 Å². The number of benzene rings is 2. The number of alkyl halides is 1.